The van der Waals surface area contributed by atoms with E-state index in [2.05, 4.69) is 25.9 Å². The molecule has 1 heterocycles. The Balaban J connectivity index is 2.30. The second-order valence-corrected chi connectivity index (χ2v) is 4.03. The molecular formula is C11H8BrFN2O. The van der Waals surface area contributed by atoms with Crippen LogP contribution in [-0.4, -0.2) is 9.97 Å². The lowest BCUT2D eigenvalue weighted by Crippen LogP contribution is -1.91. The van der Waals surface area contributed by atoms with E-state index in [0.717, 1.165) is 5.69 Å². The predicted octanol–water partition coefficient (Wildman–Crippen LogP) is 3.48. The van der Waals surface area contributed by atoms with E-state index in [0.29, 0.717) is 16.1 Å². The van der Waals surface area contributed by atoms with Crippen LogP contribution in [0, 0.1) is 12.7 Å². The molecular weight excluding hydrogens is 275 g/mol. The standard InChI is InChI=1S/C11H8BrFN2O/c1-7-4-11(15-6-14-7)16-10-5-8(13)2-3-9(10)12/h2-6H,1H3. The molecule has 0 saturated carbocycles. The number of benzene rings is 1. The summed E-state index contributed by atoms with van der Waals surface area (Å²) >= 11 is 3.27. The average Bonchev–Trinajstić information content (AvgIpc) is 2.24. The first-order valence-corrected chi connectivity index (χ1v) is 5.36. The van der Waals surface area contributed by atoms with Crippen molar-refractivity contribution in [2.24, 2.45) is 0 Å². The zero-order chi connectivity index (χ0) is 11.5. The molecule has 0 aliphatic heterocycles. The van der Waals surface area contributed by atoms with Gasteiger partial charge in [-0.1, -0.05) is 0 Å². The molecule has 0 radical (unpaired) electrons. The number of ether oxygens (including phenoxy) is 1. The second-order valence-electron chi connectivity index (χ2n) is 3.17. The molecule has 2 rings (SSSR count). The van der Waals surface area contributed by atoms with Gasteiger partial charge in [-0.2, -0.15) is 0 Å². The molecule has 1 aromatic heterocycles. The summed E-state index contributed by atoms with van der Waals surface area (Å²) in [7, 11) is 0. The van der Waals surface area contributed by atoms with Gasteiger partial charge in [-0.05, 0) is 35.0 Å². The van der Waals surface area contributed by atoms with Crippen LogP contribution in [0.2, 0.25) is 0 Å². The van der Waals surface area contributed by atoms with E-state index in [4.69, 9.17) is 4.74 Å². The summed E-state index contributed by atoms with van der Waals surface area (Å²) in [5, 5.41) is 0. The highest BCUT2D eigenvalue weighted by Crippen LogP contribution is 2.29. The minimum absolute atomic E-state index is 0.357. The first-order valence-electron chi connectivity index (χ1n) is 4.57. The van der Waals surface area contributed by atoms with Crippen molar-refractivity contribution in [2.45, 2.75) is 6.92 Å². The Kier molecular flexibility index (Phi) is 3.14. The van der Waals surface area contributed by atoms with Crippen LogP contribution in [0.1, 0.15) is 5.69 Å². The van der Waals surface area contributed by atoms with Gasteiger partial charge in [0.05, 0.1) is 4.47 Å². The first-order chi connectivity index (χ1) is 7.65. The van der Waals surface area contributed by atoms with Gasteiger partial charge in [-0.25, -0.2) is 14.4 Å². The quantitative estimate of drug-likeness (QED) is 0.846. The minimum Gasteiger partial charge on any atom is -0.438 e. The zero-order valence-electron chi connectivity index (χ0n) is 8.45. The van der Waals surface area contributed by atoms with E-state index in [-0.39, 0.29) is 5.82 Å². The molecule has 3 nitrogen and oxygen atoms in total. The Morgan fingerprint density at radius 2 is 2.06 bits per heavy atom. The van der Waals surface area contributed by atoms with Crippen molar-refractivity contribution < 1.29 is 9.13 Å². The summed E-state index contributed by atoms with van der Waals surface area (Å²) in [4.78, 5) is 7.87. The number of hydrogen-bond acceptors (Lipinski definition) is 3. The topological polar surface area (TPSA) is 35.0 Å². The maximum atomic E-state index is 13.0. The van der Waals surface area contributed by atoms with Crippen LogP contribution in [0.5, 0.6) is 11.6 Å². The second kappa shape index (κ2) is 4.57. The SMILES string of the molecule is Cc1cc(Oc2cc(F)ccc2Br)ncn1. The fourth-order valence-corrected chi connectivity index (χ4v) is 1.48. The first kappa shape index (κ1) is 11.0. The van der Waals surface area contributed by atoms with Crippen molar-refractivity contribution in [1.82, 2.24) is 9.97 Å². The Morgan fingerprint density at radius 3 is 2.81 bits per heavy atom. The lowest BCUT2D eigenvalue weighted by molar-refractivity contribution is 0.453. The van der Waals surface area contributed by atoms with E-state index in [1.807, 2.05) is 6.92 Å². The van der Waals surface area contributed by atoms with Gasteiger partial charge in [-0.3, -0.25) is 0 Å². The predicted molar refractivity (Wildman–Crippen MR) is 60.9 cm³/mol. The van der Waals surface area contributed by atoms with Crippen LogP contribution in [-0.2, 0) is 0 Å². The molecule has 16 heavy (non-hydrogen) atoms. The summed E-state index contributed by atoms with van der Waals surface area (Å²) in [5.41, 5.74) is 0.789. The van der Waals surface area contributed by atoms with Crippen LogP contribution in [0.4, 0.5) is 4.39 Å². The van der Waals surface area contributed by atoms with E-state index >= 15 is 0 Å². The molecule has 0 amide bonds. The van der Waals surface area contributed by atoms with Crippen molar-refractivity contribution in [1.29, 1.82) is 0 Å². The Bertz CT molecular complexity index is 519. The van der Waals surface area contributed by atoms with Gasteiger partial charge in [0.25, 0.3) is 0 Å². The monoisotopic (exact) mass is 282 g/mol. The Hall–Kier alpha value is -1.49. The van der Waals surface area contributed by atoms with Crippen molar-refractivity contribution in [3.63, 3.8) is 0 Å². The van der Waals surface area contributed by atoms with Crippen LogP contribution in [0.25, 0.3) is 0 Å². The molecule has 2 aromatic rings. The fraction of sp³-hybridized carbons (Fsp3) is 0.0909. The van der Waals surface area contributed by atoms with E-state index in [9.17, 15) is 4.39 Å². The molecule has 0 spiro atoms. The van der Waals surface area contributed by atoms with Crippen LogP contribution >= 0.6 is 15.9 Å². The van der Waals surface area contributed by atoms with Crippen LogP contribution in [0.15, 0.2) is 35.1 Å². The molecule has 0 atom stereocenters. The number of nitrogens with zero attached hydrogens (tertiary/aromatic N) is 2. The van der Waals surface area contributed by atoms with Crippen molar-refractivity contribution >= 4 is 15.9 Å². The van der Waals surface area contributed by atoms with E-state index < -0.39 is 0 Å². The summed E-state index contributed by atoms with van der Waals surface area (Å²) in [6.07, 6.45) is 1.40. The highest BCUT2D eigenvalue weighted by atomic mass is 79.9. The molecule has 0 fully saturated rings. The van der Waals surface area contributed by atoms with Crippen molar-refractivity contribution in [3.05, 3.63) is 46.6 Å². The van der Waals surface area contributed by atoms with Gasteiger partial charge < -0.3 is 4.74 Å². The molecule has 0 N–H and O–H groups in total. The Morgan fingerprint density at radius 1 is 1.25 bits per heavy atom. The summed E-state index contributed by atoms with van der Waals surface area (Å²) in [6.45, 7) is 1.83. The number of hydrogen-bond donors (Lipinski definition) is 0. The number of aromatic nitrogens is 2. The molecule has 0 bridgehead atoms. The van der Waals surface area contributed by atoms with Crippen LogP contribution in [0.3, 0.4) is 0 Å². The minimum atomic E-state index is -0.357. The average molecular weight is 283 g/mol. The largest absolute Gasteiger partial charge is 0.438 e. The molecule has 0 aliphatic rings. The van der Waals surface area contributed by atoms with Crippen molar-refractivity contribution in [2.75, 3.05) is 0 Å². The zero-order valence-corrected chi connectivity index (χ0v) is 10.0. The van der Waals surface area contributed by atoms with Gasteiger partial charge >= 0.3 is 0 Å². The smallest absolute Gasteiger partial charge is 0.222 e. The third-order valence-corrected chi connectivity index (χ3v) is 2.54. The normalized spacial score (nSPS) is 10.2. The number of rotatable bonds is 2. The van der Waals surface area contributed by atoms with E-state index in [1.165, 1.54) is 18.5 Å². The van der Waals surface area contributed by atoms with Gasteiger partial charge in [0, 0.05) is 17.8 Å². The van der Waals surface area contributed by atoms with Crippen molar-refractivity contribution in [3.8, 4) is 11.6 Å². The third-order valence-electron chi connectivity index (χ3n) is 1.89. The van der Waals surface area contributed by atoms with Gasteiger partial charge in [-0.15, -0.1) is 0 Å². The highest BCUT2D eigenvalue weighted by Gasteiger charge is 2.05. The molecule has 5 heteroatoms. The fourth-order valence-electron chi connectivity index (χ4n) is 1.15. The van der Waals surface area contributed by atoms with E-state index in [1.54, 1.807) is 12.1 Å². The maximum Gasteiger partial charge on any atom is 0.222 e. The number of aryl methyl sites for hydroxylation is 1. The Labute approximate surface area is 100 Å². The maximum absolute atomic E-state index is 13.0. The molecule has 0 aliphatic carbocycles. The van der Waals surface area contributed by atoms with Crippen LogP contribution < -0.4 is 4.74 Å². The van der Waals surface area contributed by atoms with Gasteiger partial charge in [0.15, 0.2) is 0 Å². The lowest BCUT2D eigenvalue weighted by Gasteiger charge is -2.06. The summed E-state index contributed by atoms with van der Waals surface area (Å²) < 4.78 is 19.1. The number of halogens is 2. The molecule has 1 aromatic carbocycles. The van der Waals surface area contributed by atoms with Gasteiger partial charge in [0.1, 0.15) is 17.9 Å². The summed E-state index contributed by atoms with van der Waals surface area (Å²) in [6, 6.07) is 5.90. The third kappa shape index (κ3) is 2.55. The van der Waals surface area contributed by atoms with Gasteiger partial charge in [0.2, 0.25) is 5.88 Å². The summed E-state index contributed by atoms with van der Waals surface area (Å²) in [5.74, 6) is 0.417. The lowest BCUT2D eigenvalue weighted by atomic mass is 10.3. The molecule has 0 unspecified atom stereocenters. The highest BCUT2D eigenvalue weighted by molar-refractivity contribution is 9.10. The molecule has 0 saturated heterocycles. The molecule has 82 valence electrons.